The van der Waals surface area contributed by atoms with E-state index < -0.39 is 0 Å². The first-order valence-corrected chi connectivity index (χ1v) is 6.26. The lowest BCUT2D eigenvalue weighted by molar-refractivity contribution is 0.532. The Labute approximate surface area is 80.5 Å². The van der Waals surface area contributed by atoms with Gasteiger partial charge in [-0.1, -0.05) is 26.2 Å². The maximum atomic E-state index is 6.10. The Bertz CT molecular complexity index is 110. The summed E-state index contributed by atoms with van der Waals surface area (Å²) in [5.41, 5.74) is 6.10. The second-order valence-electron chi connectivity index (χ2n) is 3.71. The maximum Gasteiger partial charge on any atom is 0.0199 e. The largest absolute Gasteiger partial charge is 0.327 e. The van der Waals surface area contributed by atoms with E-state index in [9.17, 15) is 0 Å². The molecule has 0 aromatic heterocycles. The molecule has 0 bridgehead atoms. The van der Waals surface area contributed by atoms with Crippen LogP contribution in [0, 0.1) is 0 Å². The van der Waals surface area contributed by atoms with E-state index in [2.05, 4.69) is 18.7 Å². The van der Waals surface area contributed by atoms with Crippen molar-refractivity contribution in [3.05, 3.63) is 0 Å². The molecule has 0 aliphatic carbocycles. The Morgan fingerprint density at radius 1 is 1.50 bits per heavy atom. The normalized spacial score (nSPS) is 26.0. The molecule has 2 N–H and O–H groups in total. The number of unbranched alkanes of at least 4 members (excludes halogenated alkanes) is 2. The van der Waals surface area contributed by atoms with E-state index >= 15 is 0 Å². The highest BCUT2D eigenvalue weighted by Gasteiger charge is 2.21. The molecule has 1 nitrogen and oxygen atoms in total. The quantitative estimate of drug-likeness (QED) is 0.670. The summed E-state index contributed by atoms with van der Waals surface area (Å²) in [6.45, 7) is 2.25. The van der Waals surface area contributed by atoms with Crippen molar-refractivity contribution in [2.75, 3.05) is 5.75 Å². The lowest BCUT2D eigenvalue weighted by Gasteiger charge is -2.17. The van der Waals surface area contributed by atoms with Crippen LogP contribution in [0.25, 0.3) is 0 Å². The van der Waals surface area contributed by atoms with Gasteiger partial charge in [0.15, 0.2) is 0 Å². The summed E-state index contributed by atoms with van der Waals surface area (Å²) in [6, 6.07) is 0.476. The highest BCUT2D eigenvalue weighted by atomic mass is 32.2. The summed E-state index contributed by atoms with van der Waals surface area (Å²) in [7, 11) is 0. The van der Waals surface area contributed by atoms with Crippen molar-refractivity contribution in [1.29, 1.82) is 0 Å². The van der Waals surface area contributed by atoms with E-state index in [0.717, 1.165) is 5.25 Å². The Kier molecular flexibility index (Phi) is 5.08. The van der Waals surface area contributed by atoms with E-state index in [1.165, 1.54) is 44.3 Å². The van der Waals surface area contributed by atoms with Gasteiger partial charge in [0, 0.05) is 11.3 Å². The van der Waals surface area contributed by atoms with Gasteiger partial charge >= 0.3 is 0 Å². The van der Waals surface area contributed by atoms with Gasteiger partial charge in [0.25, 0.3) is 0 Å². The first-order chi connectivity index (χ1) is 5.84. The molecule has 2 unspecified atom stereocenters. The van der Waals surface area contributed by atoms with Gasteiger partial charge in [-0.25, -0.2) is 0 Å². The summed E-state index contributed by atoms with van der Waals surface area (Å²) in [5, 5.41) is 0.779. The van der Waals surface area contributed by atoms with E-state index in [-0.39, 0.29) is 0 Å². The van der Waals surface area contributed by atoms with Crippen LogP contribution < -0.4 is 5.73 Å². The molecule has 0 radical (unpaired) electrons. The smallest absolute Gasteiger partial charge is 0.0199 e. The van der Waals surface area contributed by atoms with Gasteiger partial charge in [-0.2, -0.15) is 11.8 Å². The Morgan fingerprint density at radius 2 is 2.33 bits per heavy atom. The van der Waals surface area contributed by atoms with Crippen LogP contribution in [0.3, 0.4) is 0 Å². The van der Waals surface area contributed by atoms with Crippen molar-refractivity contribution in [3.8, 4) is 0 Å². The van der Waals surface area contributed by atoms with Crippen LogP contribution in [-0.4, -0.2) is 17.0 Å². The molecule has 12 heavy (non-hydrogen) atoms. The van der Waals surface area contributed by atoms with E-state index in [4.69, 9.17) is 5.73 Å². The fourth-order valence-corrected chi connectivity index (χ4v) is 3.11. The van der Waals surface area contributed by atoms with Crippen molar-refractivity contribution in [1.82, 2.24) is 0 Å². The van der Waals surface area contributed by atoms with Crippen molar-refractivity contribution in [2.45, 2.75) is 56.7 Å². The average Bonchev–Trinajstić information content (AvgIpc) is 2.56. The molecule has 1 fully saturated rings. The molecule has 0 saturated carbocycles. The fourth-order valence-electron chi connectivity index (χ4n) is 1.76. The minimum Gasteiger partial charge on any atom is -0.327 e. The Hall–Kier alpha value is 0.310. The average molecular weight is 187 g/mol. The molecule has 1 saturated heterocycles. The molecule has 1 heterocycles. The summed E-state index contributed by atoms with van der Waals surface area (Å²) in [6.07, 6.45) is 7.98. The molecular weight excluding hydrogens is 166 g/mol. The Morgan fingerprint density at radius 3 is 2.92 bits per heavy atom. The highest BCUT2D eigenvalue weighted by Crippen LogP contribution is 2.29. The van der Waals surface area contributed by atoms with Crippen molar-refractivity contribution in [3.63, 3.8) is 0 Å². The van der Waals surface area contributed by atoms with E-state index in [1.807, 2.05) is 0 Å². The van der Waals surface area contributed by atoms with E-state index in [1.54, 1.807) is 0 Å². The van der Waals surface area contributed by atoms with Gasteiger partial charge in [-0.05, 0) is 25.0 Å². The van der Waals surface area contributed by atoms with Crippen LogP contribution in [0.5, 0.6) is 0 Å². The third kappa shape index (κ3) is 3.36. The minimum absolute atomic E-state index is 0.476. The summed E-state index contributed by atoms with van der Waals surface area (Å²) in [4.78, 5) is 0. The fraction of sp³-hybridized carbons (Fsp3) is 1.00. The molecule has 1 aliphatic heterocycles. The number of hydrogen-bond acceptors (Lipinski definition) is 2. The third-order valence-corrected chi connectivity index (χ3v) is 4.12. The Balaban J connectivity index is 2.05. The highest BCUT2D eigenvalue weighted by molar-refractivity contribution is 8.00. The zero-order valence-electron chi connectivity index (χ0n) is 8.09. The van der Waals surface area contributed by atoms with Crippen LogP contribution in [0.2, 0.25) is 0 Å². The SMILES string of the molecule is CCCCCC(N)C1CCCS1. The summed E-state index contributed by atoms with van der Waals surface area (Å²) in [5.74, 6) is 1.34. The number of hydrogen-bond donors (Lipinski definition) is 1. The number of rotatable bonds is 5. The molecule has 72 valence electrons. The zero-order valence-corrected chi connectivity index (χ0v) is 8.91. The van der Waals surface area contributed by atoms with Gasteiger partial charge in [-0.3, -0.25) is 0 Å². The zero-order chi connectivity index (χ0) is 8.81. The molecule has 2 atom stereocenters. The lowest BCUT2D eigenvalue weighted by Crippen LogP contribution is -2.30. The molecule has 2 heteroatoms. The first-order valence-electron chi connectivity index (χ1n) is 5.21. The number of thioether (sulfide) groups is 1. The third-order valence-electron chi connectivity index (χ3n) is 2.58. The second kappa shape index (κ2) is 5.87. The molecular formula is C10H21NS. The van der Waals surface area contributed by atoms with Crippen LogP contribution in [0.4, 0.5) is 0 Å². The standard InChI is InChI=1S/C10H21NS/c1-2-3-4-6-9(11)10-7-5-8-12-10/h9-10H,2-8,11H2,1H3. The number of nitrogens with two attached hydrogens (primary N) is 1. The molecule has 1 aliphatic rings. The lowest BCUT2D eigenvalue weighted by atomic mass is 10.0. The van der Waals surface area contributed by atoms with Crippen LogP contribution in [0.15, 0.2) is 0 Å². The monoisotopic (exact) mass is 187 g/mol. The van der Waals surface area contributed by atoms with Crippen LogP contribution in [0.1, 0.15) is 45.4 Å². The predicted octanol–water partition coefficient (Wildman–Crippen LogP) is 2.79. The minimum atomic E-state index is 0.476. The summed E-state index contributed by atoms with van der Waals surface area (Å²) >= 11 is 2.08. The first kappa shape index (κ1) is 10.4. The van der Waals surface area contributed by atoms with Gasteiger partial charge in [0.2, 0.25) is 0 Å². The predicted molar refractivity (Wildman–Crippen MR) is 57.6 cm³/mol. The molecule has 0 aromatic carbocycles. The maximum absolute atomic E-state index is 6.10. The molecule has 0 spiro atoms. The van der Waals surface area contributed by atoms with Crippen LogP contribution in [-0.2, 0) is 0 Å². The van der Waals surface area contributed by atoms with Crippen molar-refractivity contribution >= 4 is 11.8 Å². The molecule has 0 aromatic rings. The molecule has 0 amide bonds. The molecule has 1 rings (SSSR count). The van der Waals surface area contributed by atoms with E-state index in [0.29, 0.717) is 6.04 Å². The van der Waals surface area contributed by atoms with Gasteiger partial charge in [-0.15, -0.1) is 0 Å². The van der Waals surface area contributed by atoms with Gasteiger partial charge < -0.3 is 5.73 Å². The van der Waals surface area contributed by atoms with Crippen LogP contribution >= 0.6 is 11.8 Å². The van der Waals surface area contributed by atoms with Gasteiger partial charge in [0.05, 0.1) is 0 Å². The second-order valence-corrected chi connectivity index (χ2v) is 5.06. The van der Waals surface area contributed by atoms with Crippen molar-refractivity contribution in [2.24, 2.45) is 5.73 Å². The van der Waals surface area contributed by atoms with Crippen molar-refractivity contribution < 1.29 is 0 Å². The van der Waals surface area contributed by atoms with Gasteiger partial charge in [0.1, 0.15) is 0 Å². The topological polar surface area (TPSA) is 26.0 Å². The summed E-state index contributed by atoms with van der Waals surface area (Å²) < 4.78 is 0.